The van der Waals surface area contributed by atoms with E-state index >= 15 is 0 Å². The van der Waals surface area contributed by atoms with Crippen LogP contribution in [0.2, 0.25) is 0 Å². The molecule has 2 heterocycles. The van der Waals surface area contributed by atoms with Gasteiger partial charge in [0.1, 0.15) is 0 Å². The zero-order valence-corrected chi connectivity index (χ0v) is 7.41. The molecule has 5 nitrogen and oxygen atoms in total. The first-order valence-corrected chi connectivity index (χ1v) is 4.78. The summed E-state index contributed by atoms with van der Waals surface area (Å²) in [4.78, 5) is 22.7. The molecule has 0 aromatic heterocycles. The number of amides is 1. The minimum Gasteiger partial charge on any atom is -0.449 e. The molecule has 0 aliphatic carbocycles. The zero-order chi connectivity index (χ0) is 9.42. The van der Waals surface area contributed by atoms with E-state index in [1.54, 1.807) is 17.8 Å². The number of carbonyl (C=O) groups excluding carboxylic acids is 1. The summed E-state index contributed by atoms with van der Waals surface area (Å²) in [6.45, 7) is 0. The van der Waals surface area contributed by atoms with E-state index in [0.29, 0.717) is 12.2 Å². The summed E-state index contributed by atoms with van der Waals surface area (Å²) in [5.41, 5.74) is 0. The van der Waals surface area contributed by atoms with Crippen LogP contribution in [0.1, 0.15) is 6.42 Å². The molecule has 1 amide bonds. The van der Waals surface area contributed by atoms with Crippen molar-refractivity contribution in [3.63, 3.8) is 0 Å². The molecule has 70 valence electrons. The second-order valence-electron chi connectivity index (χ2n) is 2.67. The number of nitrogens with zero attached hydrogens (tertiary/aromatic N) is 1. The maximum Gasteiger partial charge on any atom is 0.512 e. The fourth-order valence-corrected chi connectivity index (χ4v) is 2.39. The Labute approximate surface area is 78.3 Å². The monoisotopic (exact) mass is 201 g/mol. The molecule has 0 unspecified atom stereocenters. The average molecular weight is 201 g/mol. The molecule has 1 fully saturated rings. The maximum atomic E-state index is 11.1. The lowest BCUT2D eigenvalue weighted by Crippen LogP contribution is -2.52. The Balaban J connectivity index is 2.12. The van der Waals surface area contributed by atoms with E-state index in [1.165, 1.54) is 4.90 Å². The quantitative estimate of drug-likeness (QED) is 0.502. The van der Waals surface area contributed by atoms with Crippen molar-refractivity contribution in [3.8, 4) is 0 Å². The Morgan fingerprint density at radius 3 is 3.15 bits per heavy atom. The highest BCUT2D eigenvalue weighted by Crippen LogP contribution is 2.37. The number of thioether (sulfide) groups is 1. The van der Waals surface area contributed by atoms with Crippen LogP contribution in [0.4, 0.5) is 4.79 Å². The van der Waals surface area contributed by atoms with Crippen molar-refractivity contribution < 1.29 is 19.4 Å². The number of hydrogen-bond acceptors (Lipinski definition) is 4. The molecule has 2 rings (SSSR count). The molecule has 0 radical (unpaired) electrons. The highest BCUT2D eigenvalue weighted by Gasteiger charge is 2.42. The standard InChI is InChI=1S/C7H7NO4S/c9-4-3-6-8(4)5(1-2-13-6)12-7(10)11/h1,6H,2-3H2,(H,10,11)/t6-/m1/s1. The lowest BCUT2D eigenvalue weighted by Gasteiger charge is -2.41. The van der Waals surface area contributed by atoms with Crippen molar-refractivity contribution in [1.29, 1.82) is 0 Å². The topological polar surface area (TPSA) is 66.8 Å². The van der Waals surface area contributed by atoms with Gasteiger partial charge in [-0.25, -0.2) is 4.79 Å². The highest BCUT2D eigenvalue weighted by molar-refractivity contribution is 8.00. The van der Waals surface area contributed by atoms with Crippen LogP contribution in [-0.4, -0.2) is 33.2 Å². The Morgan fingerprint density at radius 2 is 2.54 bits per heavy atom. The Bertz CT molecular complexity index is 301. The van der Waals surface area contributed by atoms with Crippen LogP contribution in [0.15, 0.2) is 12.0 Å². The van der Waals surface area contributed by atoms with Gasteiger partial charge in [-0.2, -0.15) is 0 Å². The number of fused-ring (bicyclic) bond motifs is 1. The molecule has 0 saturated carbocycles. The van der Waals surface area contributed by atoms with Crippen molar-refractivity contribution in [2.75, 3.05) is 5.75 Å². The molecule has 1 atom stereocenters. The van der Waals surface area contributed by atoms with Crippen LogP contribution >= 0.6 is 11.8 Å². The summed E-state index contributed by atoms with van der Waals surface area (Å²) in [6.07, 6.45) is 0.703. The Hall–Kier alpha value is -1.17. The van der Waals surface area contributed by atoms with Crippen LogP contribution in [0, 0.1) is 0 Å². The summed E-state index contributed by atoms with van der Waals surface area (Å²) in [5.74, 6) is 0.772. The van der Waals surface area contributed by atoms with Crippen molar-refractivity contribution in [2.45, 2.75) is 11.8 Å². The van der Waals surface area contributed by atoms with Gasteiger partial charge in [-0.1, -0.05) is 0 Å². The lowest BCUT2D eigenvalue weighted by molar-refractivity contribution is -0.141. The van der Waals surface area contributed by atoms with Gasteiger partial charge in [0, 0.05) is 5.75 Å². The van der Waals surface area contributed by atoms with E-state index in [0.717, 1.165) is 0 Å². The first-order valence-electron chi connectivity index (χ1n) is 3.73. The van der Waals surface area contributed by atoms with E-state index in [4.69, 9.17) is 5.11 Å². The van der Waals surface area contributed by atoms with E-state index in [9.17, 15) is 9.59 Å². The van der Waals surface area contributed by atoms with Crippen LogP contribution in [-0.2, 0) is 9.53 Å². The third-order valence-corrected chi connectivity index (χ3v) is 3.00. The van der Waals surface area contributed by atoms with Gasteiger partial charge < -0.3 is 9.84 Å². The van der Waals surface area contributed by atoms with Gasteiger partial charge in [-0.3, -0.25) is 9.69 Å². The van der Waals surface area contributed by atoms with Crippen LogP contribution < -0.4 is 0 Å². The van der Waals surface area contributed by atoms with Crippen LogP contribution in [0.3, 0.4) is 0 Å². The summed E-state index contributed by atoms with van der Waals surface area (Å²) < 4.78 is 4.46. The van der Waals surface area contributed by atoms with Gasteiger partial charge >= 0.3 is 6.16 Å². The second-order valence-corrected chi connectivity index (χ2v) is 3.88. The summed E-state index contributed by atoms with van der Waals surface area (Å²) in [7, 11) is 0. The first kappa shape index (κ1) is 8.43. The lowest BCUT2D eigenvalue weighted by atomic mass is 10.2. The minimum atomic E-state index is -1.38. The van der Waals surface area contributed by atoms with Gasteiger partial charge in [-0.15, -0.1) is 11.8 Å². The zero-order valence-electron chi connectivity index (χ0n) is 6.60. The maximum absolute atomic E-state index is 11.1. The normalized spacial score (nSPS) is 25.8. The van der Waals surface area contributed by atoms with Crippen molar-refractivity contribution >= 4 is 23.8 Å². The van der Waals surface area contributed by atoms with E-state index in [-0.39, 0.29) is 17.2 Å². The number of β-lactam (4-membered cyclic amide) rings is 1. The third-order valence-electron chi connectivity index (χ3n) is 1.88. The van der Waals surface area contributed by atoms with Crippen molar-refractivity contribution in [2.24, 2.45) is 0 Å². The number of carbonyl (C=O) groups is 2. The molecule has 13 heavy (non-hydrogen) atoms. The molecule has 6 heteroatoms. The predicted octanol–water partition coefficient (Wildman–Crippen LogP) is 0.828. The van der Waals surface area contributed by atoms with E-state index in [1.807, 2.05) is 0 Å². The average Bonchev–Trinajstić information content (AvgIpc) is 2.00. The molecule has 0 spiro atoms. The number of hydrogen-bond donors (Lipinski definition) is 1. The van der Waals surface area contributed by atoms with Crippen LogP contribution in [0.5, 0.6) is 0 Å². The second kappa shape index (κ2) is 2.95. The fraction of sp³-hybridized carbons (Fsp3) is 0.429. The molecular weight excluding hydrogens is 194 g/mol. The minimum absolute atomic E-state index is 0.0758. The van der Waals surface area contributed by atoms with Gasteiger partial charge in [0.05, 0.1) is 11.8 Å². The molecule has 0 aromatic rings. The molecule has 0 aromatic carbocycles. The molecule has 1 saturated heterocycles. The predicted molar refractivity (Wildman–Crippen MR) is 44.9 cm³/mol. The molecule has 2 aliphatic rings. The molecule has 1 N–H and O–H groups in total. The molecular formula is C7H7NO4S. The van der Waals surface area contributed by atoms with Gasteiger partial charge in [0.25, 0.3) is 0 Å². The number of carboxylic acid groups (broad SMARTS) is 1. The Morgan fingerprint density at radius 1 is 1.77 bits per heavy atom. The smallest absolute Gasteiger partial charge is 0.449 e. The van der Waals surface area contributed by atoms with E-state index < -0.39 is 6.16 Å². The molecule has 0 bridgehead atoms. The number of ether oxygens (including phenoxy) is 1. The number of rotatable bonds is 1. The fourth-order valence-electron chi connectivity index (χ4n) is 1.29. The highest BCUT2D eigenvalue weighted by atomic mass is 32.2. The van der Waals surface area contributed by atoms with Gasteiger partial charge in [0.15, 0.2) is 0 Å². The van der Waals surface area contributed by atoms with Crippen LogP contribution in [0.25, 0.3) is 0 Å². The Kier molecular flexibility index (Phi) is 1.91. The molecule has 2 aliphatic heterocycles. The first-order chi connectivity index (χ1) is 6.18. The van der Waals surface area contributed by atoms with Crippen molar-refractivity contribution in [1.82, 2.24) is 4.90 Å². The summed E-state index contributed by atoms with van der Waals surface area (Å²) in [6, 6.07) is 0. The van der Waals surface area contributed by atoms with Crippen molar-refractivity contribution in [3.05, 3.63) is 12.0 Å². The van der Waals surface area contributed by atoms with Gasteiger partial charge in [-0.05, 0) is 6.08 Å². The summed E-state index contributed by atoms with van der Waals surface area (Å²) >= 11 is 1.60. The van der Waals surface area contributed by atoms with E-state index in [2.05, 4.69) is 4.74 Å². The third kappa shape index (κ3) is 1.37. The summed E-state index contributed by atoms with van der Waals surface area (Å²) in [5, 5.41) is 8.45. The largest absolute Gasteiger partial charge is 0.512 e. The van der Waals surface area contributed by atoms with Gasteiger partial charge in [0.2, 0.25) is 11.8 Å². The SMILES string of the molecule is O=C(O)OC1=CCS[C@@H]2CC(=O)N12.